The monoisotopic (exact) mass is 329 g/mol. The van der Waals surface area contributed by atoms with Crippen molar-refractivity contribution in [1.82, 2.24) is 14.3 Å². The summed E-state index contributed by atoms with van der Waals surface area (Å²) in [6.07, 6.45) is 6.45. The van der Waals surface area contributed by atoms with Gasteiger partial charge in [-0.1, -0.05) is 0 Å². The quantitative estimate of drug-likeness (QED) is 0.800. The van der Waals surface area contributed by atoms with E-state index in [1.807, 2.05) is 37.8 Å². The molecule has 0 fully saturated rings. The van der Waals surface area contributed by atoms with E-state index >= 15 is 0 Å². The van der Waals surface area contributed by atoms with E-state index < -0.39 is 0 Å². The summed E-state index contributed by atoms with van der Waals surface area (Å²) in [5.74, 6) is 0. The van der Waals surface area contributed by atoms with Crippen LogP contribution in [-0.4, -0.2) is 14.3 Å². The molecule has 5 heteroatoms. The van der Waals surface area contributed by atoms with E-state index in [1.54, 1.807) is 9.25 Å². The molecule has 0 saturated heterocycles. The molecular weight excluding hydrogens is 317 g/mol. The van der Waals surface area contributed by atoms with Crippen LogP contribution in [0, 0.1) is 3.57 Å². The van der Waals surface area contributed by atoms with Gasteiger partial charge in [-0.15, -0.1) is 0 Å². The van der Waals surface area contributed by atoms with Gasteiger partial charge in [-0.3, -0.25) is 9.48 Å². The first-order valence-electron chi connectivity index (χ1n) is 4.99. The number of halogens is 1. The van der Waals surface area contributed by atoms with Crippen LogP contribution in [0.1, 0.15) is 5.56 Å². The molecule has 0 bridgehead atoms. The van der Waals surface area contributed by atoms with E-state index in [2.05, 4.69) is 27.7 Å². The zero-order valence-electron chi connectivity index (χ0n) is 8.93. The van der Waals surface area contributed by atoms with Gasteiger partial charge in [0.25, 0.3) is 5.56 Å². The highest BCUT2D eigenvalue weighted by Gasteiger charge is 2.01. The predicted octanol–water partition coefficient (Wildman–Crippen LogP) is 1.43. The van der Waals surface area contributed by atoms with Crippen LogP contribution in [0.25, 0.3) is 0 Å². The van der Waals surface area contributed by atoms with Crippen LogP contribution in [0.3, 0.4) is 0 Å². The molecule has 0 aliphatic rings. The van der Waals surface area contributed by atoms with Crippen molar-refractivity contribution in [3.05, 3.63) is 50.2 Å². The molecule has 2 aromatic heterocycles. The normalized spacial score (nSPS) is 10.6. The molecule has 0 radical (unpaired) electrons. The Morgan fingerprint density at radius 1 is 1.50 bits per heavy atom. The smallest absolute Gasteiger partial charge is 0.263 e. The molecule has 0 aliphatic heterocycles. The van der Waals surface area contributed by atoms with Crippen LogP contribution in [0.2, 0.25) is 0 Å². The third kappa shape index (κ3) is 2.52. The Hall–Kier alpha value is -1.11. The fourth-order valence-corrected chi connectivity index (χ4v) is 2.05. The Bertz CT molecular complexity index is 544. The van der Waals surface area contributed by atoms with Crippen LogP contribution >= 0.6 is 22.6 Å². The lowest BCUT2D eigenvalue weighted by molar-refractivity contribution is 0.665. The molecule has 0 spiro atoms. The molecule has 0 atom stereocenters. The van der Waals surface area contributed by atoms with Crippen LogP contribution in [0.5, 0.6) is 0 Å². The molecular formula is C11H12IN3O. The maximum Gasteiger partial charge on any atom is 0.263 e. The summed E-state index contributed by atoms with van der Waals surface area (Å²) in [5.41, 5.74) is 1.22. The topological polar surface area (TPSA) is 39.8 Å². The molecule has 16 heavy (non-hydrogen) atoms. The lowest BCUT2D eigenvalue weighted by Gasteiger charge is -2.04. The first kappa shape index (κ1) is 11.4. The fraction of sp³-hybridized carbons (Fsp3) is 0.273. The number of hydrogen-bond acceptors (Lipinski definition) is 2. The highest BCUT2D eigenvalue weighted by molar-refractivity contribution is 14.1. The highest BCUT2D eigenvalue weighted by Crippen LogP contribution is 2.01. The highest BCUT2D eigenvalue weighted by atomic mass is 127. The molecule has 0 amide bonds. The SMILES string of the molecule is Cn1cc(CCn2cccc(I)c2=O)cn1. The van der Waals surface area contributed by atoms with Crippen molar-refractivity contribution in [2.24, 2.45) is 7.05 Å². The minimum absolute atomic E-state index is 0.0759. The third-order valence-electron chi connectivity index (χ3n) is 2.37. The summed E-state index contributed by atoms with van der Waals surface area (Å²) in [6.45, 7) is 0.696. The summed E-state index contributed by atoms with van der Waals surface area (Å²) in [6, 6.07) is 3.72. The van der Waals surface area contributed by atoms with Gasteiger partial charge in [0.2, 0.25) is 0 Å². The van der Waals surface area contributed by atoms with Gasteiger partial charge in [-0.2, -0.15) is 5.10 Å². The van der Waals surface area contributed by atoms with E-state index in [9.17, 15) is 4.79 Å². The second-order valence-corrected chi connectivity index (χ2v) is 4.79. The molecule has 2 heterocycles. The predicted molar refractivity (Wildman–Crippen MR) is 70.3 cm³/mol. The molecule has 2 aromatic rings. The fourth-order valence-electron chi connectivity index (χ4n) is 1.53. The van der Waals surface area contributed by atoms with Gasteiger partial charge < -0.3 is 4.57 Å². The van der Waals surface area contributed by atoms with Gasteiger partial charge in [-0.25, -0.2) is 0 Å². The second-order valence-electron chi connectivity index (χ2n) is 3.63. The van der Waals surface area contributed by atoms with Crippen molar-refractivity contribution in [2.75, 3.05) is 0 Å². The average Bonchev–Trinajstić information content (AvgIpc) is 2.67. The van der Waals surface area contributed by atoms with Gasteiger partial charge in [0.15, 0.2) is 0 Å². The Morgan fingerprint density at radius 3 is 3.00 bits per heavy atom. The van der Waals surface area contributed by atoms with Gasteiger partial charge in [0.1, 0.15) is 0 Å². The number of hydrogen-bond donors (Lipinski definition) is 0. The molecule has 0 aliphatic carbocycles. The summed E-state index contributed by atoms with van der Waals surface area (Å²) < 4.78 is 4.26. The Balaban J connectivity index is 2.11. The van der Waals surface area contributed by atoms with Crippen molar-refractivity contribution < 1.29 is 0 Å². The van der Waals surface area contributed by atoms with Gasteiger partial charge in [0.05, 0.1) is 9.77 Å². The summed E-state index contributed by atoms with van der Waals surface area (Å²) in [5, 5.41) is 4.10. The van der Waals surface area contributed by atoms with Gasteiger partial charge >= 0.3 is 0 Å². The lowest BCUT2D eigenvalue weighted by atomic mass is 10.2. The molecule has 0 saturated carbocycles. The largest absolute Gasteiger partial charge is 0.314 e. The van der Waals surface area contributed by atoms with E-state index in [4.69, 9.17) is 0 Å². The van der Waals surface area contributed by atoms with Crippen LogP contribution in [-0.2, 0) is 20.0 Å². The van der Waals surface area contributed by atoms with E-state index in [1.165, 1.54) is 0 Å². The molecule has 4 nitrogen and oxygen atoms in total. The number of nitrogens with zero attached hydrogens (tertiary/aromatic N) is 3. The molecule has 2 rings (SSSR count). The zero-order chi connectivity index (χ0) is 11.5. The summed E-state index contributed by atoms with van der Waals surface area (Å²) in [7, 11) is 1.89. The first-order chi connectivity index (χ1) is 7.66. The molecule has 0 aromatic carbocycles. The maximum absolute atomic E-state index is 11.7. The number of aryl methyl sites for hydroxylation is 3. The van der Waals surface area contributed by atoms with E-state index in [-0.39, 0.29) is 5.56 Å². The lowest BCUT2D eigenvalue weighted by Crippen LogP contribution is -2.22. The van der Waals surface area contributed by atoms with E-state index in [0.29, 0.717) is 6.54 Å². The second kappa shape index (κ2) is 4.82. The summed E-state index contributed by atoms with van der Waals surface area (Å²) in [4.78, 5) is 11.7. The number of pyridine rings is 1. The number of aromatic nitrogens is 3. The van der Waals surface area contributed by atoms with Crippen molar-refractivity contribution in [3.8, 4) is 0 Å². The average molecular weight is 329 g/mol. The van der Waals surface area contributed by atoms with Crippen LogP contribution in [0.4, 0.5) is 0 Å². The minimum Gasteiger partial charge on any atom is -0.314 e. The third-order valence-corrected chi connectivity index (χ3v) is 3.19. The van der Waals surface area contributed by atoms with Crippen molar-refractivity contribution in [3.63, 3.8) is 0 Å². The van der Waals surface area contributed by atoms with Crippen molar-refractivity contribution in [1.29, 1.82) is 0 Å². The van der Waals surface area contributed by atoms with Gasteiger partial charge in [-0.05, 0) is 46.7 Å². The molecule has 0 unspecified atom stereocenters. The standard InChI is InChI=1S/C11H12IN3O/c1-14-8-9(7-13-14)4-6-15-5-2-3-10(12)11(15)16/h2-3,5,7-8H,4,6H2,1H3. The minimum atomic E-state index is 0.0759. The summed E-state index contributed by atoms with van der Waals surface area (Å²) >= 11 is 2.06. The maximum atomic E-state index is 11.7. The Labute approximate surface area is 107 Å². The Kier molecular flexibility index (Phi) is 3.42. The van der Waals surface area contributed by atoms with Crippen molar-refractivity contribution >= 4 is 22.6 Å². The van der Waals surface area contributed by atoms with Crippen molar-refractivity contribution in [2.45, 2.75) is 13.0 Å². The first-order valence-corrected chi connectivity index (χ1v) is 6.07. The zero-order valence-corrected chi connectivity index (χ0v) is 11.1. The molecule has 84 valence electrons. The number of rotatable bonds is 3. The van der Waals surface area contributed by atoms with Gasteiger partial charge in [0, 0.05) is 26.0 Å². The van der Waals surface area contributed by atoms with Crippen LogP contribution < -0.4 is 5.56 Å². The Morgan fingerprint density at radius 2 is 2.31 bits per heavy atom. The molecule has 0 N–H and O–H groups in total. The van der Waals surface area contributed by atoms with E-state index in [0.717, 1.165) is 15.6 Å². The van der Waals surface area contributed by atoms with Crippen LogP contribution in [0.15, 0.2) is 35.5 Å².